The zero-order chi connectivity index (χ0) is 17.9. The van der Waals surface area contributed by atoms with Gasteiger partial charge in [-0.15, -0.1) is 0 Å². The van der Waals surface area contributed by atoms with Crippen LogP contribution in [0.4, 0.5) is 0 Å². The summed E-state index contributed by atoms with van der Waals surface area (Å²) in [5.74, 6) is -0.355. The number of rotatable bonds is 5. The maximum Gasteiger partial charge on any atom is 0.269 e. The maximum absolute atomic E-state index is 11.9. The number of carbonyl (C=O) groups is 1. The molecule has 3 heterocycles. The highest BCUT2D eigenvalue weighted by Gasteiger charge is 2.40. The van der Waals surface area contributed by atoms with Crippen LogP contribution in [0, 0.1) is 6.92 Å². The molecule has 1 aliphatic rings. The molecule has 4 N–H and O–H groups in total. The van der Waals surface area contributed by atoms with Crippen molar-refractivity contribution in [1.82, 2.24) is 25.2 Å². The predicted octanol–water partition coefficient (Wildman–Crippen LogP) is -0.159. The van der Waals surface area contributed by atoms with Gasteiger partial charge in [-0.1, -0.05) is 6.07 Å². The number of aromatic nitrogens is 3. The molecular formula is C17H23N5O3. The van der Waals surface area contributed by atoms with Crippen LogP contribution >= 0.6 is 0 Å². The van der Waals surface area contributed by atoms with Crippen LogP contribution in [0.1, 0.15) is 28.0 Å². The van der Waals surface area contributed by atoms with Crippen LogP contribution in [-0.4, -0.2) is 67.3 Å². The topological polar surface area (TPSA) is 114 Å². The van der Waals surface area contributed by atoms with Gasteiger partial charge in [-0.25, -0.2) is 4.98 Å². The van der Waals surface area contributed by atoms with Crippen molar-refractivity contribution in [3.63, 3.8) is 0 Å². The first-order chi connectivity index (χ1) is 12.0. The minimum atomic E-state index is -1.34. The number of nitrogens with one attached hydrogen (secondary N) is 2. The first kappa shape index (κ1) is 17.5. The minimum absolute atomic E-state index is 0.00807. The molecule has 8 nitrogen and oxygen atoms in total. The zero-order valence-electron chi connectivity index (χ0n) is 14.1. The molecule has 0 radical (unpaired) electrons. The average Bonchev–Trinajstić information content (AvgIpc) is 3.11. The molecule has 0 unspecified atom stereocenters. The fraction of sp³-hybridized carbons (Fsp3) is 0.471. The molecule has 1 saturated heterocycles. The van der Waals surface area contributed by atoms with Crippen LogP contribution in [0.15, 0.2) is 31.0 Å². The summed E-state index contributed by atoms with van der Waals surface area (Å²) < 4.78 is 0. The molecule has 0 spiro atoms. The first-order valence-corrected chi connectivity index (χ1v) is 8.26. The molecule has 2 atom stereocenters. The van der Waals surface area contributed by atoms with Crippen molar-refractivity contribution >= 4 is 5.91 Å². The van der Waals surface area contributed by atoms with Gasteiger partial charge in [-0.3, -0.25) is 14.7 Å². The number of β-amino-alcohol motifs (C(OH)–C–C–N with tert-alkyl or cyclic N) is 1. The lowest BCUT2D eigenvalue weighted by molar-refractivity contribution is -0.116. The Morgan fingerprint density at radius 1 is 1.44 bits per heavy atom. The van der Waals surface area contributed by atoms with E-state index in [4.69, 9.17) is 0 Å². The molecular weight excluding hydrogens is 322 g/mol. The van der Waals surface area contributed by atoms with E-state index < -0.39 is 11.7 Å². The van der Waals surface area contributed by atoms with E-state index in [2.05, 4.69) is 31.2 Å². The van der Waals surface area contributed by atoms with Crippen molar-refractivity contribution in [2.24, 2.45) is 0 Å². The van der Waals surface area contributed by atoms with E-state index in [-0.39, 0.29) is 12.5 Å². The Balaban J connectivity index is 1.54. The lowest BCUT2D eigenvalue weighted by atomic mass is 9.88. The number of likely N-dealkylation sites (tertiary alicyclic amines) is 1. The summed E-state index contributed by atoms with van der Waals surface area (Å²) in [7, 11) is 0. The highest BCUT2D eigenvalue weighted by atomic mass is 16.3. The minimum Gasteiger partial charge on any atom is -0.389 e. The zero-order valence-corrected chi connectivity index (χ0v) is 14.1. The molecule has 0 bridgehead atoms. The number of aromatic amines is 1. The van der Waals surface area contributed by atoms with Gasteiger partial charge in [0, 0.05) is 38.6 Å². The fourth-order valence-corrected chi connectivity index (χ4v) is 3.04. The molecule has 1 amide bonds. The van der Waals surface area contributed by atoms with Crippen molar-refractivity contribution in [1.29, 1.82) is 0 Å². The summed E-state index contributed by atoms with van der Waals surface area (Å²) in [6, 6.07) is 2.06. The van der Waals surface area contributed by atoms with Gasteiger partial charge in [0.05, 0.1) is 18.6 Å². The number of H-pyrrole nitrogens is 1. The number of imidazole rings is 1. The molecule has 25 heavy (non-hydrogen) atoms. The third-order valence-corrected chi connectivity index (χ3v) is 4.55. The SMILES string of the molecule is Cc1cncc(CN2CC[C@@](O)(CNC(=O)c3cnc[nH]3)[C@H](O)C2)c1. The fourth-order valence-electron chi connectivity index (χ4n) is 3.04. The molecule has 1 aliphatic heterocycles. The predicted molar refractivity (Wildman–Crippen MR) is 90.7 cm³/mol. The van der Waals surface area contributed by atoms with Crippen LogP contribution in [0.5, 0.6) is 0 Å². The Kier molecular flexibility index (Phi) is 5.12. The van der Waals surface area contributed by atoms with E-state index in [9.17, 15) is 15.0 Å². The number of aliphatic hydroxyl groups excluding tert-OH is 1. The molecule has 8 heteroatoms. The molecule has 0 aliphatic carbocycles. The highest BCUT2D eigenvalue weighted by Crippen LogP contribution is 2.23. The van der Waals surface area contributed by atoms with Crippen molar-refractivity contribution in [2.75, 3.05) is 19.6 Å². The largest absolute Gasteiger partial charge is 0.389 e. The summed E-state index contributed by atoms with van der Waals surface area (Å²) in [4.78, 5) is 24.7. The second-order valence-electron chi connectivity index (χ2n) is 6.62. The van der Waals surface area contributed by atoms with Gasteiger partial charge < -0.3 is 20.5 Å². The number of nitrogens with zero attached hydrogens (tertiary/aromatic N) is 3. The second kappa shape index (κ2) is 7.30. The number of aryl methyl sites for hydroxylation is 1. The van der Waals surface area contributed by atoms with Crippen LogP contribution in [0.2, 0.25) is 0 Å². The standard InChI is InChI=1S/C17H23N5O3/c1-12-4-13(6-18-5-12)8-22-3-2-17(25,15(23)9-22)10-20-16(24)14-7-19-11-21-14/h4-7,11,15,23,25H,2-3,8-10H2,1H3,(H,19,21)(H,20,24)/t15-,17-/m1/s1. The average molecular weight is 345 g/mol. The lowest BCUT2D eigenvalue weighted by Gasteiger charge is -2.42. The van der Waals surface area contributed by atoms with Gasteiger partial charge in [-0.05, 0) is 24.5 Å². The maximum atomic E-state index is 11.9. The normalized spacial score (nSPS) is 24.2. The van der Waals surface area contributed by atoms with Gasteiger partial charge in [0.25, 0.3) is 5.91 Å². The van der Waals surface area contributed by atoms with Crippen molar-refractivity contribution in [3.8, 4) is 0 Å². The lowest BCUT2D eigenvalue weighted by Crippen LogP contribution is -2.60. The Labute approximate surface area is 145 Å². The third kappa shape index (κ3) is 4.22. The Morgan fingerprint density at radius 2 is 2.28 bits per heavy atom. The molecule has 0 saturated carbocycles. The summed E-state index contributed by atoms with van der Waals surface area (Å²) in [5, 5.41) is 23.7. The van der Waals surface area contributed by atoms with Crippen LogP contribution in [0.3, 0.4) is 0 Å². The summed E-state index contributed by atoms with van der Waals surface area (Å²) in [6.07, 6.45) is 5.86. The van der Waals surface area contributed by atoms with Gasteiger partial charge in [-0.2, -0.15) is 0 Å². The number of carbonyl (C=O) groups excluding carboxylic acids is 1. The van der Waals surface area contributed by atoms with Crippen LogP contribution in [-0.2, 0) is 6.54 Å². The van der Waals surface area contributed by atoms with Crippen molar-refractivity contribution in [2.45, 2.75) is 31.6 Å². The molecule has 2 aromatic heterocycles. The number of hydrogen-bond acceptors (Lipinski definition) is 6. The van der Waals surface area contributed by atoms with E-state index in [1.807, 2.05) is 13.1 Å². The Morgan fingerprint density at radius 3 is 2.96 bits per heavy atom. The van der Waals surface area contributed by atoms with Crippen molar-refractivity contribution < 1.29 is 15.0 Å². The first-order valence-electron chi connectivity index (χ1n) is 8.26. The van der Waals surface area contributed by atoms with Gasteiger partial charge in [0.2, 0.25) is 0 Å². The summed E-state index contributed by atoms with van der Waals surface area (Å²) in [5.41, 5.74) is 1.15. The van der Waals surface area contributed by atoms with E-state index in [0.717, 1.165) is 11.1 Å². The smallest absolute Gasteiger partial charge is 0.269 e. The number of piperidine rings is 1. The highest BCUT2D eigenvalue weighted by molar-refractivity contribution is 5.91. The van der Waals surface area contributed by atoms with Gasteiger partial charge in [0.1, 0.15) is 11.3 Å². The number of aliphatic hydroxyl groups is 2. The number of hydrogen-bond donors (Lipinski definition) is 4. The van der Waals surface area contributed by atoms with E-state index in [0.29, 0.717) is 31.7 Å². The van der Waals surface area contributed by atoms with Crippen LogP contribution < -0.4 is 5.32 Å². The van der Waals surface area contributed by atoms with E-state index in [1.54, 1.807) is 6.20 Å². The molecule has 1 fully saturated rings. The van der Waals surface area contributed by atoms with Crippen molar-refractivity contribution in [3.05, 3.63) is 47.8 Å². The quantitative estimate of drug-likeness (QED) is 0.599. The Hall–Kier alpha value is -2.29. The van der Waals surface area contributed by atoms with E-state index in [1.165, 1.54) is 12.5 Å². The third-order valence-electron chi connectivity index (χ3n) is 4.55. The van der Waals surface area contributed by atoms with Crippen LogP contribution in [0.25, 0.3) is 0 Å². The molecule has 134 valence electrons. The van der Waals surface area contributed by atoms with Gasteiger partial charge in [0.15, 0.2) is 0 Å². The molecule has 0 aromatic carbocycles. The second-order valence-corrected chi connectivity index (χ2v) is 6.62. The van der Waals surface area contributed by atoms with Gasteiger partial charge >= 0.3 is 0 Å². The molecule has 2 aromatic rings. The number of amides is 1. The summed E-state index contributed by atoms with van der Waals surface area (Å²) in [6.45, 7) is 3.61. The summed E-state index contributed by atoms with van der Waals surface area (Å²) >= 11 is 0. The monoisotopic (exact) mass is 345 g/mol. The van der Waals surface area contributed by atoms with E-state index >= 15 is 0 Å². The Bertz CT molecular complexity index is 721. The molecule has 3 rings (SSSR count). The number of pyridine rings is 1.